The molecule has 0 saturated heterocycles. The second kappa shape index (κ2) is 3.69. The van der Waals surface area contributed by atoms with Gasteiger partial charge in [-0.25, -0.2) is 4.98 Å². The Morgan fingerprint density at radius 1 is 1.64 bits per heavy atom. The van der Waals surface area contributed by atoms with E-state index in [0.717, 1.165) is 5.69 Å². The normalized spacial score (nSPS) is 13.0. The van der Waals surface area contributed by atoms with Crippen molar-refractivity contribution in [3.05, 3.63) is 29.0 Å². The van der Waals surface area contributed by atoms with Crippen molar-refractivity contribution in [1.29, 1.82) is 0 Å². The average molecular weight is 172 g/mol. The fraction of sp³-hybridized carbons (Fsp3) is 0.375. The summed E-state index contributed by atoms with van der Waals surface area (Å²) in [6.07, 6.45) is 0.196. The first-order valence-corrected chi connectivity index (χ1v) is 3.86. The lowest BCUT2D eigenvalue weighted by molar-refractivity contribution is 0.194. The van der Waals surface area contributed by atoms with Gasteiger partial charge < -0.3 is 5.11 Å². The van der Waals surface area contributed by atoms with Crippen LogP contribution in [-0.4, -0.2) is 16.2 Å². The van der Waals surface area contributed by atoms with Crippen LogP contribution in [0.4, 0.5) is 0 Å². The van der Waals surface area contributed by atoms with E-state index in [-0.39, 0.29) is 6.10 Å². The van der Waals surface area contributed by atoms with Crippen molar-refractivity contribution in [2.75, 3.05) is 0 Å². The smallest absolute Gasteiger partial charge is 0.129 e. The standard InChI is InChI=1S/C8H10ClNO/c1-6(11)5-7-3-2-4-8(9)10-7/h2-4,6,11H,5H2,1H3. The van der Waals surface area contributed by atoms with Gasteiger partial charge >= 0.3 is 0 Å². The summed E-state index contributed by atoms with van der Waals surface area (Å²) in [5.74, 6) is 0. The molecule has 1 aromatic heterocycles. The highest BCUT2D eigenvalue weighted by atomic mass is 35.5. The molecule has 0 aliphatic rings. The van der Waals surface area contributed by atoms with Crippen molar-refractivity contribution in [1.82, 2.24) is 4.98 Å². The molecule has 0 bridgehead atoms. The number of halogens is 1. The van der Waals surface area contributed by atoms with Crippen LogP contribution < -0.4 is 0 Å². The minimum absolute atomic E-state index is 0.360. The Morgan fingerprint density at radius 2 is 2.36 bits per heavy atom. The molecule has 0 aliphatic carbocycles. The highest BCUT2D eigenvalue weighted by molar-refractivity contribution is 6.29. The molecule has 1 aromatic rings. The quantitative estimate of drug-likeness (QED) is 0.687. The zero-order chi connectivity index (χ0) is 8.27. The molecule has 0 saturated carbocycles. The molecule has 1 unspecified atom stereocenters. The first kappa shape index (κ1) is 8.50. The molecule has 0 fully saturated rings. The van der Waals surface area contributed by atoms with E-state index >= 15 is 0 Å². The molecular formula is C8H10ClNO. The van der Waals surface area contributed by atoms with Gasteiger partial charge in [-0.2, -0.15) is 0 Å². The molecule has 1 rings (SSSR count). The fourth-order valence-corrected chi connectivity index (χ4v) is 1.05. The third-order valence-corrected chi connectivity index (χ3v) is 1.49. The molecule has 0 aromatic carbocycles. The molecule has 0 amide bonds. The molecule has 3 heteroatoms. The van der Waals surface area contributed by atoms with Crippen molar-refractivity contribution < 1.29 is 5.11 Å². The van der Waals surface area contributed by atoms with E-state index in [2.05, 4.69) is 4.98 Å². The van der Waals surface area contributed by atoms with E-state index in [1.54, 1.807) is 13.0 Å². The second-order valence-corrected chi connectivity index (χ2v) is 2.89. The Labute approximate surface area is 70.8 Å². The number of aromatic nitrogens is 1. The number of nitrogens with zero attached hydrogens (tertiary/aromatic N) is 1. The van der Waals surface area contributed by atoms with E-state index in [1.807, 2.05) is 12.1 Å². The molecule has 0 spiro atoms. The van der Waals surface area contributed by atoms with Gasteiger partial charge in [0.1, 0.15) is 5.15 Å². The van der Waals surface area contributed by atoms with Crippen molar-refractivity contribution in [3.63, 3.8) is 0 Å². The molecule has 0 aliphatic heterocycles. The number of hydrogen-bond acceptors (Lipinski definition) is 2. The molecule has 2 nitrogen and oxygen atoms in total. The van der Waals surface area contributed by atoms with Gasteiger partial charge in [0.2, 0.25) is 0 Å². The summed E-state index contributed by atoms with van der Waals surface area (Å²) in [6.45, 7) is 1.72. The topological polar surface area (TPSA) is 33.1 Å². The first-order chi connectivity index (χ1) is 5.18. The van der Waals surface area contributed by atoms with Gasteiger partial charge in [0.05, 0.1) is 6.10 Å². The van der Waals surface area contributed by atoms with Crippen LogP contribution in [0.25, 0.3) is 0 Å². The van der Waals surface area contributed by atoms with Gasteiger partial charge in [-0.05, 0) is 19.1 Å². The highest BCUT2D eigenvalue weighted by Crippen LogP contribution is 2.06. The summed E-state index contributed by atoms with van der Waals surface area (Å²) in [4.78, 5) is 4.02. The van der Waals surface area contributed by atoms with Gasteiger partial charge in [-0.15, -0.1) is 0 Å². The zero-order valence-corrected chi connectivity index (χ0v) is 7.04. The van der Waals surface area contributed by atoms with Crippen LogP contribution in [0.1, 0.15) is 12.6 Å². The summed E-state index contributed by atoms with van der Waals surface area (Å²) in [5.41, 5.74) is 0.826. The van der Waals surface area contributed by atoms with Crippen LogP contribution in [0.3, 0.4) is 0 Å². The zero-order valence-electron chi connectivity index (χ0n) is 6.29. The predicted octanol–water partition coefficient (Wildman–Crippen LogP) is 1.66. The van der Waals surface area contributed by atoms with Crippen molar-refractivity contribution >= 4 is 11.6 Å². The average Bonchev–Trinajstić information content (AvgIpc) is 1.85. The van der Waals surface area contributed by atoms with Crippen LogP contribution in [0, 0.1) is 0 Å². The molecule has 1 atom stereocenters. The number of rotatable bonds is 2. The third-order valence-electron chi connectivity index (χ3n) is 1.28. The number of aliphatic hydroxyl groups is 1. The van der Waals surface area contributed by atoms with E-state index < -0.39 is 0 Å². The van der Waals surface area contributed by atoms with Gasteiger partial charge in [0.15, 0.2) is 0 Å². The monoisotopic (exact) mass is 171 g/mol. The molecule has 0 radical (unpaired) electrons. The van der Waals surface area contributed by atoms with Crippen LogP contribution in [0.2, 0.25) is 5.15 Å². The second-order valence-electron chi connectivity index (χ2n) is 2.50. The molecule has 60 valence electrons. The summed E-state index contributed by atoms with van der Waals surface area (Å²) in [6, 6.07) is 5.39. The fourth-order valence-electron chi connectivity index (χ4n) is 0.867. The maximum atomic E-state index is 9.01. The Hall–Kier alpha value is -0.600. The number of hydrogen-bond donors (Lipinski definition) is 1. The Morgan fingerprint density at radius 3 is 2.91 bits per heavy atom. The summed E-state index contributed by atoms with van der Waals surface area (Å²) < 4.78 is 0. The Bertz CT molecular complexity index is 237. The van der Waals surface area contributed by atoms with Gasteiger partial charge in [0.25, 0.3) is 0 Å². The van der Waals surface area contributed by atoms with Crippen molar-refractivity contribution in [3.8, 4) is 0 Å². The molecule has 1 N–H and O–H groups in total. The maximum absolute atomic E-state index is 9.01. The highest BCUT2D eigenvalue weighted by Gasteiger charge is 1.99. The minimum Gasteiger partial charge on any atom is -0.393 e. The lowest BCUT2D eigenvalue weighted by atomic mass is 10.2. The largest absolute Gasteiger partial charge is 0.393 e. The Balaban J connectivity index is 2.71. The minimum atomic E-state index is -0.360. The van der Waals surface area contributed by atoms with Crippen LogP contribution in [0.5, 0.6) is 0 Å². The van der Waals surface area contributed by atoms with Gasteiger partial charge in [0, 0.05) is 12.1 Å². The molecule has 11 heavy (non-hydrogen) atoms. The number of aliphatic hydroxyl groups excluding tert-OH is 1. The summed E-state index contributed by atoms with van der Waals surface area (Å²) in [5, 5.41) is 9.49. The van der Waals surface area contributed by atoms with Gasteiger partial charge in [-0.3, -0.25) is 0 Å². The Kier molecular flexibility index (Phi) is 2.85. The molecule has 1 heterocycles. The number of pyridine rings is 1. The van der Waals surface area contributed by atoms with E-state index in [1.165, 1.54) is 0 Å². The van der Waals surface area contributed by atoms with E-state index in [0.29, 0.717) is 11.6 Å². The van der Waals surface area contributed by atoms with Crippen LogP contribution >= 0.6 is 11.6 Å². The van der Waals surface area contributed by atoms with Crippen LogP contribution in [0.15, 0.2) is 18.2 Å². The van der Waals surface area contributed by atoms with Gasteiger partial charge in [-0.1, -0.05) is 17.7 Å². The summed E-state index contributed by atoms with van der Waals surface area (Å²) in [7, 11) is 0. The SMILES string of the molecule is CC(O)Cc1cccc(Cl)n1. The van der Waals surface area contributed by atoms with Crippen LogP contribution in [-0.2, 0) is 6.42 Å². The predicted molar refractivity (Wildman–Crippen MR) is 44.6 cm³/mol. The van der Waals surface area contributed by atoms with Crippen molar-refractivity contribution in [2.24, 2.45) is 0 Å². The van der Waals surface area contributed by atoms with Crippen molar-refractivity contribution in [2.45, 2.75) is 19.4 Å². The third kappa shape index (κ3) is 2.87. The first-order valence-electron chi connectivity index (χ1n) is 3.48. The molecular weight excluding hydrogens is 162 g/mol. The lowest BCUT2D eigenvalue weighted by Gasteiger charge is -2.02. The summed E-state index contributed by atoms with van der Waals surface area (Å²) >= 11 is 5.64. The van der Waals surface area contributed by atoms with E-state index in [4.69, 9.17) is 16.7 Å². The van der Waals surface area contributed by atoms with E-state index in [9.17, 15) is 0 Å². The lowest BCUT2D eigenvalue weighted by Crippen LogP contribution is -2.05. The maximum Gasteiger partial charge on any atom is 0.129 e.